The number of piperidine rings is 1. The van der Waals surface area contributed by atoms with Crippen LogP contribution in [0.1, 0.15) is 33.6 Å². The summed E-state index contributed by atoms with van der Waals surface area (Å²) >= 11 is 0. The highest BCUT2D eigenvalue weighted by Crippen LogP contribution is 2.23. The van der Waals surface area contributed by atoms with Crippen LogP contribution in [0.15, 0.2) is 42.5 Å². The van der Waals surface area contributed by atoms with Crippen molar-refractivity contribution in [2.45, 2.75) is 18.9 Å². The highest BCUT2D eigenvalue weighted by Gasteiger charge is 2.26. The van der Waals surface area contributed by atoms with Crippen molar-refractivity contribution in [1.29, 1.82) is 0 Å². The van der Waals surface area contributed by atoms with Crippen molar-refractivity contribution >= 4 is 11.8 Å². The molecular weight excluding hydrogens is 348 g/mol. The molecule has 0 radical (unpaired) electrons. The summed E-state index contributed by atoms with van der Waals surface area (Å²) in [6.07, 6.45) is 1.24. The molecule has 1 aliphatic rings. The molecule has 0 spiro atoms. The SMILES string of the molecule is COc1ccccc1C(=O)NC1CCN(C(=O)c2cc(O)cc(O)c2)CC1. The lowest BCUT2D eigenvalue weighted by Crippen LogP contribution is -2.46. The van der Waals surface area contributed by atoms with E-state index < -0.39 is 0 Å². The molecule has 1 aliphatic heterocycles. The van der Waals surface area contributed by atoms with Crippen molar-refractivity contribution in [3.05, 3.63) is 53.6 Å². The number of phenols is 2. The van der Waals surface area contributed by atoms with Crippen molar-refractivity contribution in [1.82, 2.24) is 10.2 Å². The molecule has 142 valence electrons. The molecule has 2 aromatic rings. The number of aromatic hydroxyl groups is 2. The molecule has 0 atom stereocenters. The Morgan fingerprint density at radius 3 is 2.33 bits per heavy atom. The van der Waals surface area contributed by atoms with Gasteiger partial charge in [-0.1, -0.05) is 12.1 Å². The number of carbonyl (C=O) groups is 2. The van der Waals surface area contributed by atoms with Gasteiger partial charge in [-0.2, -0.15) is 0 Å². The Bertz CT molecular complexity index is 824. The molecule has 2 aromatic carbocycles. The lowest BCUT2D eigenvalue weighted by atomic mass is 10.0. The van der Waals surface area contributed by atoms with Gasteiger partial charge in [0, 0.05) is 30.8 Å². The summed E-state index contributed by atoms with van der Waals surface area (Å²) in [6.45, 7) is 0.957. The van der Waals surface area contributed by atoms with Gasteiger partial charge in [-0.05, 0) is 37.1 Å². The average Bonchev–Trinajstić information content (AvgIpc) is 2.67. The predicted molar refractivity (Wildman–Crippen MR) is 99.2 cm³/mol. The fourth-order valence-corrected chi connectivity index (χ4v) is 3.22. The molecule has 1 fully saturated rings. The number of hydrogen-bond acceptors (Lipinski definition) is 5. The van der Waals surface area contributed by atoms with Crippen LogP contribution in [0.4, 0.5) is 0 Å². The van der Waals surface area contributed by atoms with E-state index in [9.17, 15) is 19.8 Å². The third-order valence-electron chi connectivity index (χ3n) is 4.62. The summed E-state index contributed by atoms with van der Waals surface area (Å²) in [5.74, 6) is -0.244. The van der Waals surface area contributed by atoms with Gasteiger partial charge >= 0.3 is 0 Å². The van der Waals surface area contributed by atoms with E-state index >= 15 is 0 Å². The third-order valence-corrected chi connectivity index (χ3v) is 4.62. The first-order valence-corrected chi connectivity index (χ1v) is 8.74. The van der Waals surface area contributed by atoms with Gasteiger partial charge in [0.05, 0.1) is 12.7 Å². The zero-order valence-corrected chi connectivity index (χ0v) is 15.0. The van der Waals surface area contributed by atoms with Crippen LogP contribution < -0.4 is 10.1 Å². The van der Waals surface area contributed by atoms with E-state index in [1.54, 1.807) is 29.2 Å². The van der Waals surface area contributed by atoms with Gasteiger partial charge in [0.15, 0.2) is 0 Å². The maximum absolute atomic E-state index is 12.5. The summed E-state index contributed by atoms with van der Waals surface area (Å²) in [5.41, 5.74) is 0.720. The number of benzene rings is 2. The van der Waals surface area contributed by atoms with Crippen LogP contribution in [0.5, 0.6) is 17.2 Å². The number of amides is 2. The molecular formula is C20H22N2O5. The van der Waals surface area contributed by atoms with Gasteiger partial charge < -0.3 is 25.2 Å². The van der Waals surface area contributed by atoms with Crippen molar-refractivity contribution in [2.24, 2.45) is 0 Å². The topological polar surface area (TPSA) is 99.1 Å². The number of ether oxygens (including phenoxy) is 1. The Labute approximate surface area is 157 Å². The number of hydrogen-bond donors (Lipinski definition) is 3. The lowest BCUT2D eigenvalue weighted by Gasteiger charge is -2.32. The number of carbonyl (C=O) groups excluding carboxylic acids is 2. The van der Waals surface area contributed by atoms with E-state index in [0.717, 1.165) is 0 Å². The minimum absolute atomic E-state index is 0.0379. The Morgan fingerprint density at radius 1 is 1.07 bits per heavy atom. The second-order valence-corrected chi connectivity index (χ2v) is 6.48. The third kappa shape index (κ3) is 4.31. The number of likely N-dealkylation sites (tertiary alicyclic amines) is 1. The zero-order chi connectivity index (χ0) is 19.4. The van der Waals surface area contributed by atoms with Crippen LogP contribution in [0.25, 0.3) is 0 Å². The predicted octanol–water partition coefficient (Wildman–Crippen LogP) is 2.14. The molecule has 0 aliphatic carbocycles. The zero-order valence-electron chi connectivity index (χ0n) is 15.0. The number of nitrogens with zero attached hydrogens (tertiary/aromatic N) is 1. The second-order valence-electron chi connectivity index (χ2n) is 6.48. The summed E-state index contributed by atoms with van der Waals surface area (Å²) in [6, 6.07) is 10.8. The van der Waals surface area contributed by atoms with Gasteiger partial charge in [0.2, 0.25) is 0 Å². The van der Waals surface area contributed by atoms with Gasteiger partial charge in [-0.15, -0.1) is 0 Å². The smallest absolute Gasteiger partial charge is 0.255 e. The van der Waals surface area contributed by atoms with E-state index in [1.807, 2.05) is 0 Å². The van der Waals surface area contributed by atoms with Gasteiger partial charge in [-0.3, -0.25) is 9.59 Å². The largest absolute Gasteiger partial charge is 0.508 e. The monoisotopic (exact) mass is 370 g/mol. The molecule has 27 heavy (non-hydrogen) atoms. The fourth-order valence-electron chi connectivity index (χ4n) is 3.22. The van der Waals surface area contributed by atoms with Crippen LogP contribution >= 0.6 is 0 Å². The minimum Gasteiger partial charge on any atom is -0.508 e. The summed E-state index contributed by atoms with van der Waals surface area (Å²) < 4.78 is 5.22. The maximum Gasteiger partial charge on any atom is 0.255 e. The second kappa shape index (κ2) is 7.99. The highest BCUT2D eigenvalue weighted by molar-refractivity contribution is 5.97. The van der Waals surface area contributed by atoms with Crippen molar-refractivity contribution < 1.29 is 24.5 Å². The van der Waals surface area contributed by atoms with Crippen molar-refractivity contribution in [3.8, 4) is 17.2 Å². The first-order chi connectivity index (χ1) is 13.0. The van der Waals surface area contributed by atoms with Crippen molar-refractivity contribution in [3.63, 3.8) is 0 Å². The Balaban J connectivity index is 1.58. The first kappa shape index (κ1) is 18.6. The average molecular weight is 370 g/mol. The van der Waals surface area contributed by atoms with Crippen molar-refractivity contribution in [2.75, 3.05) is 20.2 Å². The van der Waals surface area contributed by atoms with E-state index in [1.165, 1.54) is 25.3 Å². The van der Waals surface area contributed by atoms with Gasteiger partial charge in [-0.25, -0.2) is 0 Å². The molecule has 1 heterocycles. The van der Waals surface area contributed by atoms with Crippen LogP contribution in [0, 0.1) is 0 Å². The summed E-state index contributed by atoms with van der Waals surface area (Å²) in [4.78, 5) is 26.7. The molecule has 0 unspecified atom stereocenters. The van der Waals surface area contributed by atoms with Crippen LogP contribution in [-0.2, 0) is 0 Å². The fraction of sp³-hybridized carbons (Fsp3) is 0.300. The van der Waals surface area contributed by atoms with Gasteiger partial charge in [0.1, 0.15) is 17.2 Å². The molecule has 3 N–H and O–H groups in total. The molecule has 7 nitrogen and oxygen atoms in total. The number of methoxy groups -OCH3 is 1. The summed E-state index contributed by atoms with van der Waals surface area (Å²) in [5, 5.41) is 22.1. The standard InChI is InChI=1S/C20H22N2O5/c1-27-18-5-3-2-4-17(18)19(25)21-14-6-8-22(9-7-14)20(26)13-10-15(23)12-16(24)11-13/h2-5,10-12,14,23-24H,6-9H2,1H3,(H,21,25). The quantitative estimate of drug-likeness (QED) is 0.766. The van der Waals surface area contributed by atoms with Crippen LogP contribution in [-0.4, -0.2) is 53.2 Å². The molecule has 2 amide bonds. The van der Waals surface area contributed by atoms with E-state index in [-0.39, 0.29) is 34.9 Å². The minimum atomic E-state index is -0.254. The van der Waals surface area contributed by atoms with Crippen LogP contribution in [0.2, 0.25) is 0 Å². The lowest BCUT2D eigenvalue weighted by molar-refractivity contribution is 0.0697. The Hall–Kier alpha value is -3.22. The van der Waals surface area contributed by atoms with E-state index in [4.69, 9.17) is 4.74 Å². The van der Waals surface area contributed by atoms with E-state index in [2.05, 4.69) is 5.32 Å². The van der Waals surface area contributed by atoms with Crippen LogP contribution in [0.3, 0.4) is 0 Å². The van der Waals surface area contributed by atoms with Gasteiger partial charge in [0.25, 0.3) is 11.8 Å². The molecule has 0 aromatic heterocycles. The molecule has 3 rings (SSSR count). The Morgan fingerprint density at radius 2 is 1.70 bits per heavy atom. The number of phenolic OH excluding ortho intramolecular Hbond substituents is 2. The molecule has 0 saturated carbocycles. The number of para-hydroxylation sites is 1. The molecule has 7 heteroatoms. The first-order valence-electron chi connectivity index (χ1n) is 8.74. The number of rotatable bonds is 4. The number of nitrogens with one attached hydrogen (secondary N) is 1. The normalized spacial score (nSPS) is 14.6. The Kier molecular flexibility index (Phi) is 5.49. The summed E-state index contributed by atoms with van der Waals surface area (Å²) in [7, 11) is 1.52. The van der Waals surface area contributed by atoms with E-state index in [0.29, 0.717) is 37.2 Å². The molecule has 1 saturated heterocycles. The highest BCUT2D eigenvalue weighted by atomic mass is 16.5. The maximum atomic E-state index is 12.5. The molecule has 0 bridgehead atoms.